The molecule has 0 bridgehead atoms. The van der Waals surface area contributed by atoms with Crippen LogP contribution in [0.15, 0.2) is 18.2 Å². The van der Waals surface area contributed by atoms with Gasteiger partial charge in [-0.15, -0.1) is 0 Å². The van der Waals surface area contributed by atoms with Crippen LogP contribution in [0.3, 0.4) is 0 Å². The lowest BCUT2D eigenvalue weighted by Crippen LogP contribution is -2.52. The van der Waals surface area contributed by atoms with Gasteiger partial charge in [-0.1, -0.05) is 18.0 Å². The number of rotatable bonds is 3. The summed E-state index contributed by atoms with van der Waals surface area (Å²) in [5.74, 6) is -2.68. The van der Waals surface area contributed by atoms with Crippen LogP contribution in [-0.4, -0.2) is 58.9 Å². The molecule has 1 heterocycles. The van der Waals surface area contributed by atoms with Crippen molar-refractivity contribution in [3.63, 3.8) is 0 Å². The van der Waals surface area contributed by atoms with E-state index in [0.717, 1.165) is 12.5 Å². The third-order valence-corrected chi connectivity index (χ3v) is 5.65. The summed E-state index contributed by atoms with van der Waals surface area (Å²) >= 11 is 5.72. The highest BCUT2D eigenvalue weighted by atomic mass is 35.5. The summed E-state index contributed by atoms with van der Waals surface area (Å²) in [5.41, 5.74) is -0.0317. The number of aliphatic carboxylic acids is 1. The van der Waals surface area contributed by atoms with E-state index >= 15 is 0 Å². The quantitative estimate of drug-likeness (QED) is 0.852. The molecule has 27 heavy (non-hydrogen) atoms. The van der Waals surface area contributed by atoms with E-state index in [1.54, 1.807) is 4.90 Å². The van der Waals surface area contributed by atoms with Crippen molar-refractivity contribution in [3.8, 4) is 0 Å². The van der Waals surface area contributed by atoms with Gasteiger partial charge in [-0.25, -0.2) is 4.39 Å². The maximum atomic E-state index is 14.0. The van der Waals surface area contributed by atoms with Gasteiger partial charge in [0.15, 0.2) is 0 Å². The maximum Gasteiger partial charge on any atom is 0.306 e. The first kappa shape index (κ1) is 19.6. The van der Waals surface area contributed by atoms with Crippen LogP contribution in [-0.2, 0) is 9.59 Å². The van der Waals surface area contributed by atoms with Gasteiger partial charge in [0.05, 0.1) is 11.5 Å². The fraction of sp³-hybridized carbons (Fsp3) is 0.526. The van der Waals surface area contributed by atoms with Crippen LogP contribution in [0.2, 0.25) is 5.02 Å². The smallest absolute Gasteiger partial charge is 0.306 e. The van der Waals surface area contributed by atoms with E-state index in [1.807, 2.05) is 0 Å². The predicted octanol–water partition coefficient (Wildman–Crippen LogP) is 2.65. The van der Waals surface area contributed by atoms with Crippen LogP contribution >= 0.6 is 11.6 Å². The number of carbonyl (C=O) groups is 3. The van der Waals surface area contributed by atoms with Gasteiger partial charge < -0.3 is 14.9 Å². The zero-order valence-electron chi connectivity index (χ0n) is 14.9. The Morgan fingerprint density at radius 1 is 1.04 bits per heavy atom. The first-order valence-electron chi connectivity index (χ1n) is 9.12. The lowest BCUT2D eigenvalue weighted by atomic mass is 9.80. The molecule has 0 radical (unpaired) electrons. The average Bonchev–Trinajstić information content (AvgIpc) is 2.67. The van der Waals surface area contributed by atoms with Crippen LogP contribution in [0.5, 0.6) is 0 Å². The van der Waals surface area contributed by atoms with Crippen molar-refractivity contribution in [1.29, 1.82) is 0 Å². The van der Waals surface area contributed by atoms with Gasteiger partial charge in [-0.05, 0) is 37.5 Å². The molecule has 1 aliphatic heterocycles. The van der Waals surface area contributed by atoms with E-state index in [4.69, 9.17) is 11.6 Å². The second-order valence-corrected chi connectivity index (χ2v) is 7.58. The molecule has 1 saturated heterocycles. The summed E-state index contributed by atoms with van der Waals surface area (Å²) in [7, 11) is 0. The SMILES string of the molecule is O=C(O)C1CCCC(C(=O)N2CCN(C(=O)c3ccc(Cl)cc3F)CC2)C1. The van der Waals surface area contributed by atoms with Gasteiger partial charge in [0.25, 0.3) is 5.91 Å². The van der Waals surface area contributed by atoms with Crippen molar-refractivity contribution < 1.29 is 23.9 Å². The molecule has 0 aromatic heterocycles. The molecule has 2 atom stereocenters. The number of hydrogen-bond donors (Lipinski definition) is 1. The van der Waals surface area contributed by atoms with E-state index in [2.05, 4.69) is 0 Å². The Hall–Kier alpha value is -2.15. The molecule has 2 aliphatic rings. The number of halogens is 2. The first-order chi connectivity index (χ1) is 12.9. The minimum absolute atomic E-state index is 0.0317. The molecule has 1 saturated carbocycles. The molecule has 1 N–H and O–H groups in total. The number of amides is 2. The highest BCUT2D eigenvalue weighted by Crippen LogP contribution is 2.31. The van der Waals surface area contributed by atoms with Crippen LogP contribution in [0.25, 0.3) is 0 Å². The van der Waals surface area contributed by atoms with Crippen molar-refractivity contribution in [2.45, 2.75) is 25.7 Å². The molecule has 1 aliphatic carbocycles. The van der Waals surface area contributed by atoms with E-state index < -0.39 is 23.6 Å². The number of carbonyl (C=O) groups excluding carboxylic acids is 2. The van der Waals surface area contributed by atoms with E-state index in [9.17, 15) is 23.9 Å². The molecule has 2 amide bonds. The normalized spacial score (nSPS) is 23.2. The average molecular weight is 397 g/mol. The zero-order chi connectivity index (χ0) is 19.6. The molecule has 0 spiro atoms. The highest BCUT2D eigenvalue weighted by molar-refractivity contribution is 6.30. The summed E-state index contributed by atoms with van der Waals surface area (Å²) in [6.07, 6.45) is 2.44. The second kappa shape index (κ2) is 8.25. The number of carboxylic acid groups (broad SMARTS) is 1. The molecule has 2 unspecified atom stereocenters. The summed E-state index contributed by atoms with van der Waals surface area (Å²) in [6, 6.07) is 3.95. The lowest BCUT2D eigenvalue weighted by molar-refractivity contribution is -0.146. The van der Waals surface area contributed by atoms with Crippen LogP contribution in [0.1, 0.15) is 36.0 Å². The minimum atomic E-state index is -0.840. The standard InChI is InChI=1S/C19H22ClFN2O4/c20-14-4-5-15(16(21)11-14)18(25)23-8-6-22(7-9-23)17(24)12-2-1-3-13(10-12)19(26)27/h4-5,11-13H,1-3,6-10H2,(H,26,27). The molecule has 3 rings (SSSR count). The van der Waals surface area contributed by atoms with Crippen molar-refractivity contribution in [2.75, 3.05) is 26.2 Å². The van der Waals surface area contributed by atoms with E-state index in [-0.39, 0.29) is 22.4 Å². The first-order valence-corrected chi connectivity index (χ1v) is 9.50. The molecule has 2 fully saturated rings. The van der Waals surface area contributed by atoms with Gasteiger partial charge in [0.1, 0.15) is 5.82 Å². The molecule has 146 valence electrons. The van der Waals surface area contributed by atoms with Crippen molar-refractivity contribution in [2.24, 2.45) is 11.8 Å². The Kier molecular flexibility index (Phi) is 5.99. The Labute approximate surface area is 161 Å². The Balaban J connectivity index is 1.57. The van der Waals surface area contributed by atoms with Gasteiger partial charge in [0, 0.05) is 37.1 Å². The zero-order valence-corrected chi connectivity index (χ0v) is 15.6. The van der Waals surface area contributed by atoms with E-state index in [1.165, 1.54) is 17.0 Å². The van der Waals surface area contributed by atoms with Gasteiger partial charge in [-0.2, -0.15) is 0 Å². The molecule has 1 aromatic rings. The third kappa shape index (κ3) is 4.40. The largest absolute Gasteiger partial charge is 0.481 e. The fourth-order valence-corrected chi connectivity index (χ4v) is 4.02. The maximum absolute atomic E-state index is 14.0. The molecular weight excluding hydrogens is 375 g/mol. The summed E-state index contributed by atoms with van der Waals surface area (Å²) in [6.45, 7) is 1.38. The number of benzene rings is 1. The number of carboxylic acids is 1. The second-order valence-electron chi connectivity index (χ2n) is 7.14. The summed E-state index contributed by atoms with van der Waals surface area (Å²) < 4.78 is 14.0. The summed E-state index contributed by atoms with van der Waals surface area (Å²) in [4.78, 5) is 39.6. The van der Waals surface area contributed by atoms with Crippen molar-refractivity contribution in [1.82, 2.24) is 9.80 Å². The van der Waals surface area contributed by atoms with Crippen molar-refractivity contribution >= 4 is 29.4 Å². The summed E-state index contributed by atoms with van der Waals surface area (Å²) in [5, 5.41) is 9.41. The topological polar surface area (TPSA) is 77.9 Å². The van der Waals surface area contributed by atoms with E-state index in [0.29, 0.717) is 45.4 Å². The molecule has 6 nitrogen and oxygen atoms in total. The number of hydrogen-bond acceptors (Lipinski definition) is 3. The Bertz CT molecular complexity index is 749. The minimum Gasteiger partial charge on any atom is -0.481 e. The fourth-order valence-electron chi connectivity index (χ4n) is 3.86. The third-order valence-electron chi connectivity index (χ3n) is 5.41. The lowest BCUT2D eigenvalue weighted by Gasteiger charge is -2.37. The Morgan fingerprint density at radius 3 is 2.30 bits per heavy atom. The molecule has 8 heteroatoms. The molecular formula is C19H22ClFN2O4. The molecule has 1 aromatic carbocycles. The van der Waals surface area contributed by atoms with Gasteiger partial charge in [-0.3, -0.25) is 14.4 Å². The van der Waals surface area contributed by atoms with Crippen LogP contribution in [0.4, 0.5) is 4.39 Å². The van der Waals surface area contributed by atoms with Crippen LogP contribution < -0.4 is 0 Å². The highest BCUT2D eigenvalue weighted by Gasteiger charge is 2.35. The van der Waals surface area contributed by atoms with Gasteiger partial charge >= 0.3 is 5.97 Å². The number of nitrogens with zero attached hydrogens (tertiary/aromatic N) is 2. The number of piperazine rings is 1. The Morgan fingerprint density at radius 2 is 1.67 bits per heavy atom. The van der Waals surface area contributed by atoms with Crippen molar-refractivity contribution in [3.05, 3.63) is 34.6 Å². The van der Waals surface area contributed by atoms with Gasteiger partial charge in [0.2, 0.25) is 5.91 Å². The predicted molar refractivity (Wildman–Crippen MR) is 97.0 cm³/mol. The van der Waals surface area contributed by atoms with Crippen LogP contribution in [0, 0.1) is 17.7 Å². The monoisotopic (exact) mass is 396 g/mol.